The molecule has 27 heavy (non-hydrogen) atoms. The van der Waals surface area contributed by atoms with E-state index in [1.165, 1.54) is 22.0 Å². The zero-order valence-electron chi connectivity index (χ0n) is 16.9. The molecule has 2 atom stereocenters. The van der Waals surface area contributed by atoms with Crippen molar-refractivity contribution < 1.29 is 9.47 Å². The van der Waals surface area contributed by atoms with Crippen molar-refractivity contribution in [2.45, 2.75) is 18.4 Å². The van der Waals surface area contributed by atoms with Crippen LogP contribution in [-0.4, -0.2) is 74.5 Å². The van der Waals surface area contributed by atoms with Crippen LogP contribution in [0.15, 0.2) is 36.0 Å². The van der Waals surface area contributed by atoms with E-state index in [-0.39, 0.29) is 0 Å². The zero-order valence-corrected chi connectivity index (χ0v) is 16.9. The van der Waals surface area contributed by atoms with Crippen LogP contribution in [0, 0.1) is 0 Å². The Bertz CT molecular complexity index is 839. The normalized spacial score (nSPS) is 24.0. The van der Waals surface area contributed by atoms with E-state index in [0.29, 0.717) is 12.0 Å². The van der Waals surface area contributed by atoms with Gasteiger partial charge in [0.1, 0.15) is 5.75 Å². The van der Waals surface area contributed by atoms with Crippen LogP contribution in [0.2, 0.25) is 0 Å². The summed E-state index contributed by atoms with van der Waals surface area (Å²) in [5.41, 5.74) is 4.13. The summed E-state index contributed by atoms with van der Waals surface area (Å²) < 4.78 is 13.4. The largest absolute Gasteiger partial charge is 0.497 e. The molecule has 1 fully saturated rings. The minimum atomic E-state index is 0.487. The number of nitrogens with zero attached hydrogens (tertiary/aromatic N) is 3. The van der Waals surface area contributed by atoms with Crippen molar-refractivity contribution in [3.8, 4) is 5.75 Å². The first-order valence-corrected chi connectivity index (χ1v) is 9.84. The number of aryl methyl sites for hydroxylation is 1. The van der Waals surface area contributed by atoms with Gasteiger partial charge in [-0.3, -0.25) is 4.90 Å². The number of rotatable bonds is 5. The summed E-state index contributed by atoms with van der Waals surface area (Å²) in [5, 5.41) is 1.32. The predicted octanol–water partition coefficient (Wildman–Crippen LogP) is 2.86. The average Bonchev–Trinajstić information content (AvgIpc) is 3.23. The van der Waals surface area contributed by atoms with Crippen LogP contribution in [0.3, 0.4) is 0 Å². The molecule has 0 aliphatic carbocycles. The highest BCUT2D eigenvalue weighted by molar-refractivity contribution is 5.86. The fourth-order valence-electron chi connectivity index (χ4n) is 4.65. The lowest BCUT2D eigenvalue weighted by atomic mass is 9.93. The van der Waals surface area contributed by atoms with Crippen LogP contribution in [0.5, 0.6) is 5.75 Å². The second-order valence-corrected chi connectivity index (χ2v) is 8.11. The summed E-state index contributed by atoms with van der Waals surface area (Å²) in [5.74, 6) is 1.41. The summed E-state index contributed by atoms with van der Waals surface area (Å²) in [6, 6.07) is 6.91. The molecule has 2 aliphatic heterocycles. The third-order valence-electron chi connectivity index (χ3n) is 6.06. The molecule has 1 aromatic heterocycles. The number of aromatic nitrogens is 1. The number of ether oxygens (including phenoxy) is 2. The minimum absolute atomic E-state index is 0.487. The van der Waals surface area contributed by atoms with E-state index in [1.807, 2.05) is 6.07 Å². The molecule has 5 nitrogen and oxygen atoms in total. The molecule has 1 saturated heterocycles. The van der Waals surface area contributed by atoms with Gasteiger partial charge in [0.05, 0.1) is 20.3 Å². The summed E-state index contributed by atoms with van der Waals surface area (Å²) in [6.45, 7) is 4.85. The van der Waals surface area contributed by atoms with Crippen molar-refractivity contribution in [2.24, 2.45) is 7.05 Å². The second kappa shape index (κ2) is 7.66. The van der Waals surface area contributed by atoms with Crippen LogP contribution in [0.4, 0.5) is 0 Å². The zero-order chi connectivity index (χ0) is 19.0. The van der Waals surface area contributed by atoms with Crippen LogP contribution in [-0.2, 0) is 11.8 Å². The SMILES string of the molecule is COc1ccc2c(c1)c([C@@H]1CN(CC3=CCCOC3)C[C@H]1N(C)C)cn2C. The van der Waals surface area contributed by atoms with E-state index in [4.69, 9.17) is 9.47 Å². The number of benzene rings is 1. The molecule has 146 valence electrons. The Hall–Kier alpha value is -1.82. The lowest BCUT2D eigenvalue weighted by molar-refractivity contribution is 0.143. The molecule has 2 aromatic rings. The highest BCUT2D eigenvalue weighted by atomic mass is 16.5. The van der Waals surface area contributed by atoms with E-state index >= 15 is 0 Å². The standard InChI is InChI=1S/C22H31N3O2/c1-23(2)22-14-25(11-16-6-5-9-27-15-16)13-20(22)19-12-24(3)21-8-7-17(26-4)10-18(19)21/h6-8,10,12,20,22H,5,9,11,13-15H2,1-4H3/t20-,22+/m0/s1. The summed E-state index contributed by atoms with van der Waals surface area (Å²) in [4.78, 5) is 4.98. The summed E-state index contributed by atoms with van der Waals surface area (Å²) >= 11 is 0. The van der Waals surface area contributed by atoms with Gasteiger partial charge >= 0.3 is 0 Å². The topological polar surface area (TPSA) is 29.9 Å². The molecule has 0 unspecified atom stereocenters. The molecule has 0 amide bonds. The summed E-state index contributed by atoms with van der Waals surface area (Å²) in [7, 11) is 8.29. The number of hydrogen-bond acceptors (Lipinski definition) is 4. The van der Waals surface area contributed by atoms with Crippen molar-refractivity contribution in [1.82, 2.24) is 14.4 Å². The molecular formula is C22H31N3O2. The van der Waals surface area contributed by atoms with E-state index in [2.05, 4.69) is 59.9 Å². The van der Waals surface area contributed by atoms with Crippen LogP contribution >= 0.6 is 0 Å². The van der Waals surface area contributed by atoms with Gasteiger partial charge in [0.2, 0.25) is 0 Å². The first-order chi connectivity index (χ1) is 13.1. The monoisotopic (exact) mass is 369 g/mol. The molecule has 0 bridgehead atoms. The van der Waals surface area contributed by atoms with Gasteiger partial charge in [-0.1, -0.05) is 6.08 Å². The van der Waals surface area contributed by atoms with Gasteiger partial charge in [0.15, 0.2) is 0 Å². The molecule has 3 heterocycles. The quantitative estimate of drug-likeness (QED) is 0.758. The number of methoxy groups -OCH3 is 1. The number of likely N-dealkylation sites (tertiary alicyclic amines) is 1. The Balaban J connectivity index is 1.64. The molecule has 0 spiro atoms. The molecule has 1 aromatic carbocycles. The maximum Gasteiger partial charge on any atom is 0.119 e. The van der Waals surface area contributed by atoms with Crippen LogP contribution in [0.25, 0.3) is 10.9 Å². The van der Waals surface area contributed by atoms with E-state index in [0.717, 1.165) is 45.0 Å². The van der Waals surface area contributed by atoms with Gasteiger partial charge < -0.3 is 18.9 Å². The van der Waals surface area contributed by atoms with E-state index in [1.54, 1.807) is 7.11 Å². The Morgan fingerprint density at radius 2 is 2.11 bits per heavy atom. The van der Waals surface area contributed by atoms with Crippen molar-refractivity contribution in [3.05, 3.63) is 41.6 Å². The smallest absolute Gasteiger partial charge is 0.119 e. The van der Waals surface area contributed by atoms with Crippen LogP contribution in [0.1, 0.15) is 17.9 Å². The first kappa shape index (κ1) is 18.5. The maximum atomic E-state index is 5.64. The molecule has 0 saturated carbocycles. The van der Waals surface area contributed by atoms with E-state index in [9.17, 15) is 0 Å². The third-order valence-corrected chi connectivity index (χ3v) is 6.06. The molecule has 4 rings (SSSR count). The number of hydrogen-bond donors (Lipinski definition) is 0. The predicted molar refractivity (Wildman–Crippen MR) is 110 cm³/mol. The van der Waals surface area contributed by atoms with Crippen LogP contribution < -0.4 is 4.74 Å². The third kappa shape index (κ3) is 3.64. The molecule has 0 radical (unpaired) electrons. The fraction of sp³-hybridized carbons (Fsp3) is 0.545. The van der Waals surface area contributed by atoms with Gasteiger partial charge in [-0.05, 0) is 49.9 Å². The Kier molecular flexibility index (Phi) is 5.26. The Labute approximate surface area is 162 Å². The molecule has 0 N–H and O–H groups in total. The average molecular weight is 370 g/mol. The molecule has 5 heteroatoms. The molecular weight excluding hydrogens is 338 g/mol. The lowest BCUT2D eigenvalue weighted by Crippen LogP contribution is -2.35. The van der Waals surface area contributed by atoms with Gasteiger partial charge in [-0.2, -0.15) is 0 Å². The second-order valence-electron chi connectivity index (χ2n) is 8.11. The van der Waals surface area contributed by atoms with E-state index < -0.39 is 0 Å². The Morgan fingerprint density at radius 3 is 2.81 bits per heavy atom. The van der Waals surface area contributed by atoms with Gasteiger partial charge in [-0.25, -0.2) is 0 Å². The Morgan fingerprint density at radius 1 is 1.26 bits per heavy atom. The number of likely N-dealkylation sites (N-methyl/N-ethyl adjacent to an activating group) is 1. The highest BCUT2D eigenvalue weighted by Crippen LogP contribution is 2.37. The fourth-order valence-corrected chi connectivity index (χ4v) is 4.65. The minimum Gasteiger partial charge on any atom is -0.497 e. The van der Waals surface area contributed by atoms with Gasteiger partial charge in [0.25, 0.3) is 0 Å². The summed E-state index contributed by atoms with van der Waals surface area (Å²) in [6.07, 6.45) is 5.73. The van der Waals surface area contributed by atoms with Gasteiger partial charge in [-0.15, -0.1) is 0 Å². The van der Waals surface area contributed by atoms with Gasteiger partial charge in [0, 0.05) is 55.7 Å². The van der Waals surface area contributed by atoms with Crippen molar-refractivity contribution in [3.63, 3.8) is 0 Å². The maximum absolute atomic E-state index is 5.64. The lowest BCUT2D eigenvalue weighted by Gasteiger charge is -2.25. The number of fused-ring (bicyclic) bond motifs is 1. The highest BCUT2D eigenvalue weighted by Gasteiger charge is 2.36. The van der Waals surface area contributed by atoms with Crippen molar-refractivity contribution in [1.29, 1.82) is 0 Å². The molecule has 2 aliphatic rings. The van der Waals surface area contributed by atoms with Crippen molar-refractivity contribution >= 4 is 10.9 Å². The van der Waals surface area contributed by atoms with Crippen molar-refractivity contribution in [2.75, 3.05) is 54.1 Å². The first-order valence-electron chi connectivity index (χ1n) is 9.84.